The van der Waals surface area contributed by atoms with Crippen molar-refractivity contribution in [1.82, 2.24) is 14.7 Å². The minimum atomic E-state index is -0.369. The molecule has 0 unspecified atom stereocenters. The van der Waals surface area contributed by atoms with Crippen molar-refractivity contribution in [3.8, 4) is 0 Å². The van der Waals surface area contributed by atoms with E-state index < -0.39 is 0 Å². The molecule has 1 aromatic carbocycles. The van der Waals surface area contributed by atoms with E-state index in [0.717, 1.165) is 19.6 Å². The molecule has 0 radical (unpaired) electrons. The molecule has 2 amide bonds. The lowest BCUT2D eigenvalue weighted by atomic mass is 10.0. The number of carbonyl (C=O) groups is 2. The van der Waals surface area contributed by atoms with Crippen LogP contribution in [0.15, 0.2) is 30.0 Å². The van der Waals surface area contributed by atoms with Gasteiger partial charge < -0.3 is 14.5 Å². The van der Waals surface area contributed by atoms with Crippen LogP contribution in [0.2, 0.25) is 0 Å². The van der Waals surface area contributed by atoms with Crippen molar-refractivity contribution in [2.45, 2.75) is 13.3 Å². The SMILES string of the molecule is CCN1CCN(C2=C(c3ccc(F)cc3)C(=O)N(CCCOC)C2=O)CC1. The Balaban J connectivity index is 1.92. The molecule has 0 bridgehead atoms. The van der Waals surface area contributed by atoms with Crippen molar-refractivity contribution in [2.75, 3.05) is 53.0 Å². The van der Waals surface area contributed by atoms with Crippen LogP contribution in [0.3, 0.4) is 0 Å². The number of hydrogen-bond acceptors (Lipinski definition) is 5. The number of imide groups is 1. The molecule has 0 saturated carbocycles. The maximum atomic E-state index is 13.4. The van der Waals surface area contributed by atoms with Crippen LogP contribution in [0, 0.1) is 5.82 Å². The third-order valence-corrected chi connectivity index (χ3v) is 5.14. The summed E-state index contributed by atoms with van der Waals surface area (Å²) in [5.74, 6) is -0.942. The molecule has 1 saturated heterocycles. The van der Waals surface area contributed by atoms with Crippen LogP contribution in [0.5, 0.6) is 0 Å². The van der Waals surface area contributed by atoms with Gasteiger partial charge in [0.25, 0.3) is 11.8 Å². The van der Waals surface area contributed by atoms with Gasteiger partial charge in [-0.15, -0.1) is 0 Å². The van der Waals surface area contributed by atoms with Crippen molar-refractivity contribution in [2.24, 2.45) is 0 Å². The minimum Gasteiger partial charge on any atom is -0.385 e. The van der Waals surface area contributed by atoms with Crippen molar-refractivity contribution in [3.05, 3.63) is 41.3 Å². The van der Waals surface area contributed by atoms with E-state index in [1.165, 1.54) is 17.0 Å². The first-order valence-corrected chi connectivity index (χ1v) is 9.39. The predicted molar refractivity (Wildman–Crippen MR) is 100 cm³/mol. The highest BCUT2D eigenvalue weighted by Crippen LogP contribution is 2.32. The maximum absolute atomic E-state index is 13.4. The summed E-state index contributed by atoms with van der Waals surface area (Å²) in [5, 5.41) is 0. The van der Waals surface area contributed by atoms with Crippen molar-refractivity contribution >= 4 is 17.4 Å². The Labute approximate surface area is 159 Å². The van der Waals surface area contributed by atoms with Crippen LogP contribution < -0.4 is 0 Å². The smallest absolute Gasteiger partial charge is 0.277 e. The van der Waals surface area contributed by atoms with Crippen LogP contribution in [-0.2, 0) is 14.3 Å². The lowest BCUT2D eigenvalue weighted by Crippen LogP contribution is -2.47. The molecular formula is C20H26FN3O3. The molecule has 2 aliphatic heterocycles. The van der Waals surface area contributed by atoms with Gasteiger partial charge in [0.2, 0.25) is 0 Å². The summed E-state index contributed by atoms with van der Waals surface area (Å²) in [6, 6.07) is 5.77. The Morgan fingerprint density at radius 2 is 1.70 bits per heavy atom. The second-order valence-corrected chi connectivity index (χ2v) is 6.76. The Kier molecular flexibility index (Phi) is 6.23. The zero-order valence-corrected chi connectivity index (χ0v) is 15.9. The summed E-state index contributed by atoms with van der Waals surface area (Å²) in [6.45, 7) is 6.96. The number of benzene rings is 1. The number of ether oxygens (including phenoxy) is 1. The van der Waals surface area contributed by atoms with E-state index >= 15 is 0 Å². The molecule has 1 fully saturated rings. The number of piperazine rings is 1. The van der Waals surface area contributed by atoms with E-state index in [1.54, 1.807) is 19.2 Å². The number of rotatable bonds is 7. The lowest BCUT2D eigenvalue weighted by Gasteiger charge is -2.36. The summed E-state index contributed by atoms with van der Waals surface area (Å²) in [5.41, 5.74) is 1.40. The van der Waals surface area contributed by atoms with Gasteiger partial charge in [-0.2, -0.15) is 0 Å². The highest BCUT2D eigenvalue weighted by molar-refractivity contribution is 6.35. The number of carbonyl (C=O) groups excluding carboxylic acids is 2. The molecule has 2 aliphatic rings. The van der Waals surface area contributed by atoms with E-state index in [9.17, 15) is 14.0 Å². The van der Waals surface area contributed by atoms with Crippen molar-refractivity contribution < 1.29 is 18.7 Å². The highest BCUT2D eigenvalue weighted by atomic mass is 19.1. The number of amides is 2. The van der Waals surface area contributed by atoms with Crippen LogP contribution in [-0.4, -0.2) is 79.5 Å². The minimum absolute atomic E-state index is 0.264. The largest absolute Gasteiger partial charge is 0.385 e. The van der Waals surface area contributed by atoms with Crippen LogP contribution in [0.1, 0.15) is 18.9 Å². The molecule has 27 heavy (non-hydrogen) atoms. The number of halogens is 1. The molecule has 146 valence electrons. The topological polar surface area (TPSA) is 53.1 Å². The molecule has 2 heterocycles. The normalized spacial score (nSPS) is 18.8. The molecule has 0 spiro atoms. The van der Waals surface area contributed by atoms with Gasteiger partial charge in [0.15, 0.2) is 0 Å². The third-order valence-electron chi connectivity index (χ3n) is 5.14. The average Bonchev–Trinajstić information content (AvgIpc) is 2.93. The summed E-state index contributed by atoms with van der Waals surface area (Å²) in [6.07, 6.45) is 0.585. The molecular weight excluding hydrogens is 349 g/mol. The van der Waals surface area contributed by atoms with Crippen molar-refractivity contribution in [3.63, 3.8) is 0 Å². The van der Waals surface area contributed by atoms with Gasteiger partial charge in [0.1, 0.15) is 11.5 Å². The van der Waals surface area contributed by atoms with Crippen LogP contribution >= 0.6 is 0 Å². The number of likely N-dealkylation sites (N-methyl/N-ethyl adjacent to an activating group) is 1. The fourth-order valence-electron chi connectivity index (χ4n) is 3.59. The molecule has 0 aromatic heterocycles. The Morgan fingerprint density at radius 1 is 1.04 bits per heavy atom. The second kappa shape index (κ2) is 8.63. The average molecular weight is 375 g/mol. The van der Waals surface area contributed by atoms with E-state index in [1.807, 2.05) is 4.90 Å². The molecule has 0 N–H and O–H groups in total. The highest BCUT2D eigenvalue weighted by Gasteiger charge is 2.41. The lowest BCUT2D eigenvalue weighted by molar-refractivity contribution is -0.137. The summed E-state index contributed by atoms with van der Waals surface area (Å²) in [7, 11) is 1.59. The second-order valence-electron chi connectivity index (χ2n) is 6.76. The van der Waals surface area contributed by atoms with E-state index in [4.69, 9.17) is 4.74 Å². The molecule has 7 heteroatoms. The van der Waals surface area contributed by atoms with Gasteiger partial charge in [0.05, 0.1) is 5.57 Å². The number of methoxy groups -OCH3 is 1. The first kappa shape index (κ1) is 19.5. The maximum Gasteiger partial charge on any atom is 0.277 e. The predicted octanol–water partition coefficient (Wildman–Crippen LogP) is 1.58. The zero-order chi connectivity index (χ0) is 19.4. The number of nitrogens with zero attached hydrogens (tertiary/aromatic N) is 3. The Bertz CT molecular complexity index is 724. The van der Waals surface area contributed by atoms with E-state index in [-0.39, 0.29) is 17.6 Å². The zero-order valence-electron chi connectivity index (χ0n) is 15.9. The van der Waals surface area contributed by atoms with Gasteiger partial charge in [-0.05, 0) is 30.7 Å². The van der Waals surface area contributed by atoms with Crippen molar-refractivity contribution in [1.29, 1.82) is 0 Å². The first-order chi connectivity index (χ1) is 13.1. The van der Waals surface area contributed by atoms with Gasteiger partial charge in [-0.3, -0.25) is 14.5 Å². The molecule has 6 nitrogen and oxygen atoms in total. The third kappa shape index (κ3) is 4.04. The number of hydrogen-bond donors (Lipinski definition) is 0. The molecule has 0 atom stereocenters. The van der Waals surface area contributed by atoms with Gasteiger partial charge >= 0.3 is 0 Å². The van der Waals surface area contributed by atoms with Gasteiger partial charge in [-0.1, -0.05) is 19.1 Å². The monoisotopic (exact) mass is 375 g/mol. The molecule has 3 rings (SSSR count). The molecule has 1 aromatic rings. The first-order valence-electron chi connectivity index (χ1n) is 9.39. The van der Waals surface area contributed by atoms with Crippen LogP contribution in [0.4, 0.5) is 4.39 Å². The van der Waals surface area contributed by atoms with Crippen LogP contribution in [0.25, 0.3) is 5.57 Å². The summed E-state index contributed by atoms with van der Waals surface area (Å²) < 4.78 is 18.4. The quantitative estimate of drug-likeness (QED) is 0.535. The Morgan fingerprint density at radius 3 is 2.30 bits per heavy atom. The standard InChI is InChI=1S/C20H26FN3O3/c1-3-22-10-12-23(13-11-22)18-17(15-5-7-16(21)8-6-15)19(25)24(20(18)26)9-4-14-27-2/h5-8H,3-4,9-14H2,1-2H3. The van der Waals surface area contributed by atoms with E-state index in [2.05, 4.69) is 11.8 Å². The Hall–Kier alpha value is -2.25. The fraction of sp³-hybridized carbons (Fsp3) is 0.500. The summed E-state index contributed by atoms with van der Waals surface area (Å²) >= 11 is 0. The van der Waals surface area contributed by atoms with E-state index in [0.29, 0.717) is 49.5 Å². The van der Waals surface area contributed by atoms with Gasteiger partial charge in [0, 0.05) is 46.4 Å². The fourth-order valence-corrected chi connectivity index (χ4v) is 3.59. The van der Waals surface area contributed by atoms with Gasteiger partial charge in [-0.25, -0.2) is 4.39 Å². The summed E-state index contributed by atoms with van der Waals surface area (Å²) in [4.78, 5) is 31.7. The molecule has 0 aliphatic carbocycles.